The van der Waals surface area contributed by atoms with Crippen LogP contribution in [0.1, 0.15) is 33.6 Å². The van der Waals surface area contributed by atoms with E-state index in [4.69, 9.17) is 5.11 Å². The van der Waals surface area contributed by atoms with Crippen molar-refractivity contribution in [1.29, 1.82) is 0 Å². The molecule has 1 amide bonds. The third-order valence-electron chi connectivity index (χ3n) is 2.27. The number of carboxylic acid groups (broad SMARTS) is 1. The molecule has 5 heteroatoms. The summed E-state index contributed by atoms with van der Waals surface area (Å²) < 4.78 is 0. The highest BCUT2D eigenvalue weighted by molar-refractivity contribution is 5.79. The number of amides is 1. The standard InChI is InChI=1S/C11H22N2O3/c1-4-5-6-12-9(14)7-13-10(8(2)3)11(15)16/h8,10,13H,4-7H2,1-3H3,(H,12,14)(H,15,16). The van der Waals surface area contributed by atoms with Crippen molar-refractivity contribution >= 4 is 11.9 Å². The lowest BCUT2D eigenvalue weighted by atomic mass is 10.1. The van der Waals surface area contributed by atoms with Crippen molar-refractivity contribution in [2.75, 3.05) is 13.1 Å². The van der Waals surface area contributed by atoms with Gasteiger partial charge in [0.25, 0.3) is 0 Å². The molecule has 0 spiro atoms. The van der Waals surface area contributed by atoms with E-state index in [0.717, 1.165) is 12.8 Å². The fraction of sp³-hybridized carbons (Fsp3) is 0.818. The predicted molar refractivity (Wildman–Crippen MR) is 62.2 cm³/mol. The Kier molecular flexibility index (Phi) is 7.54. The summed E-state index contributed by atoms with van der Waals surface area (Å²) in [5, 5.41) is 14.3. The summed E-state index contributed by atoms with van der Waals surface area (Å²) in [6, 6.07) is -0.670. The van der Waals surface area contributed by atoms with Gasteiger partial charge in [-0.2, -0.15) is 0 Å². The zero-order valence-electron chi connectivity index (χ0n) is 10.2. The molecule has 0 heterocycles. The highest BCUT2D eigenvalue weighted by Crippen LogP contribution is 2.00. The van der Waals surface area contributed by atoms with Crippen LogP contribution in [0.2, 0.25) is 0 Å². The number of nitrogens with one attached hydrogen (secondary N) is 2. The van der Waals surface area contributed by atoms with Gasteiger partial charge in [-0.05, 0) is 12.3 Å². The van der Waals surface area contributed by atoms with E-state index in [0.29, 0.717) is 6.54 Å². The van der Waals surface area contributed by atoms with Crippen LogP contribution in [0.4, 0.5) is 0 Å². The molecule has 3 N–H and O–H groups in total. The van der Waals surface area contributed by atoms with Gasteiger partial charge in [0, 0.05) is 6.54 Å². The maximum Gasteiger partial charge on any atom is 0.320 e. The van der Waals surface area contributed by atoms with E-state index in [9.17, 15) is 9.59 Å². The summed E-state index contributed by atoms with van der Waals surface area (Å²) >= 11 is 0. The molecule has 0 rings (SSSR count). The van der Waals surface area contributed by atoms with Gasteiger partial charge in [-0.15, -0.1) is 0 Å². The monoisotopic (exact) mass is 230 g/mol. The molecule has 94 valence electrons. The number of carboxylic acids is 1. The van der Waals surface area contributed by atoms with Crippen LogP contribution in [-0.2, 0) is 9.59 Å². The maximum atomic E-state index is 11.3. The first kappa shape index (κ1) is 14.9. The fourth-order valence-corrected chi connectivity index (χ4v) is 1.28. The minimum Gasteiger partial charge on any atom is -0.480 e. The van der Waals surface area contributed by atoms with Crippen LogP contribution in [0.25, 0.3) is 0 Å². The Bertz CT molecular complexity index is 229. The van der Waals surface area contributed by atoms with E-state index in [2.05, 4.69) is 10.6 Å². The van der Waals surface area contributed by atoms with E-state index < -0.39 is 12.0 Å². The number of hydrogen-bond donors (Lipinski definition) is 3. The Hall–Kier alpha value is -1.10. The highest BCUT2D eigenvalue weighted by atomic mass is 16.4. The first-order chi connectivity index (χ1) is 7.49. The molecule has 0 aromatic carbocycles. The van der Waals surface area contributed by atoms with Crippen molar-refractivity contribution in [3.05, 3.63) is 0 Å². The smallest absolute Gasteiger partial charge is 0.320 e. The molecule has 5 nitrogen and oxygen atoms in total. The molecule has 0 aliphatic rings. The molecule has 0 fully saturated rings. The Balaban J connectivity index is 3.83. The molecule has 0 saturated heterocycles. The topological polar surface area (TPSA) is 78.4 Å². The van der Waals surface area contributed by atoms with Crippen LogP contribution in [0.15, 0.2) is 0 Å². The summed E-state index contributed by atoms with van der Waals surface area (Å²) in [7, 11) is 0. The first-order valence-corrected chi connectivity index (χ1v) is 5.72. The minimum atomic E-state index is -0.920. The van der Waals surface area contributed by atoms with Crippen molar-refractivity contribution in [2.24, 2.45) is 5.92 Å². The quantitative estimate of drug-likeness (QED) is 0.534. The molecule has 0 aliphatic heterocycles. The highest BCUT2D eigenvalue weighted by Gasteiger charge is 2.21. The lowest BCUT2D eigenvalue weighted by Crippen LogP contribution is -2.45. The predicted octanol–water partition coefficient (Wildman–Crippen LogP) is 0.601. The molecular formula is C11H22N2O3. The number of hydrogen-bond acceptors (Lipinski definition) is 3. The Labute approximate surface area is 96.6 Å². The van der Waals surface area contributed by atoms with Crippen LogP contribution in [0.5, 0.6) is 0 Å². The van der Waals surface area contributed by atoms with Gasteiger partial charge in [0.15, 0.2) is 0 Å². The molecule has 0 aliphatic carbocycles. The number of carbonyl (C=O) groups excluding carboxylic acids is 1. The number of aliphatic carboxylic acids is 1. The summed E-state index contributed by atoms with van der Waals surface area (Å²) in [5.74, 6) is -1.11. The SMILES string of the molecule is CCCCNC(=O)CNC(C(=O)O)C(C)C. The van der Waals surface area contributed by atoms with Gasteiger partial charge in [0.05, 0.1) is 6.54 Å². The van der Waals surface area contributed by atoms with Gasteiger partial charge in [-0.1, -0.05) is 27.2 Å². The van der Waals surface area contributed by atoms with Crippen LogP contribution >= 0.6 is 0 Å². The first-order valence-electron chi connectivity index (χ1n) is 5.72. The summed E-state index contributed by atoms with van der Waals surface area (Å²) in [6.45, 7) is 6.36. The molecule has 0 saturated carbocycles. The van der Waals surface area contributed by atoms with Gasteiger partial charge in [-0.25, -0.2) is 0 Å². The maximum absolute atomic E-state index is 11.3. The van der Waals surface area contributed by atoms with E-state index in [1.54, 1.807) is 13.8 Å². The zero-order valence-corrected chi connectivity index (χ0v) is 10.2. The van der Waals surface area contributed by atoms with Gasteiger partial charge in [-0.3, -0.25) is 14.9 Å². The lowest BCUT2D eigenvalue weighted by molar-refractivity contribution is -0.140. The molecule has 1 unspecified atom stereocenters. The van der Waals surface area contributed by atoms with Crippen LogP contribution in [0.3, 0.4) is 0 Å². The molecular weight excluding hydrogens is 208 g/mol. The second-order valence-corrected chi connectivity index (χ2v) is 4.14. The van der Waals surface area contributed by atoms with Crippen molar-refractivity contribution in [3.8, 4) is 0 Å². The van der Waals surface area contributed by atoms with Crippen molar-refractivity contribution in [3.63, 3.8) is 0 Å². The molecule has 0 radical (unpaired) electrons. The average molecular weight is 230 g/mol. The second kappa shape index (κ2) is 8.10. The summed E-state index contributed by atoms with van der Waals surface area (Å²) in [6.07, 6.45) is 1.97. The number of unbranched alkanes of at least 4 members (excludes halogenated alkanes) is 1. The largest absolute Gasteiger partial charge is 0.480 e. The summed E-state index contributed by atoms with van der Waals surface area (Å²) in [4.78, 5) is 22.1. The van der Waals surface area contributed by atoms with Crippen LogP contribution in [0, 0.1) is 5.92 Å². The zero-order chi connectivity index (χ0) is 12.6. The van der Waals surface area contributed by atoms with Gasteiger partial charge < -0.3 is 10.4 Å². The third kappa shape index (κ3) is 6.40. The molecule has 0 aromatic rings. The van der Waals surface area contributed by atoms with E-state index in [1.165, 1.54) is 0 Å². The fourth-order valence-electron chi connectivity index (χ4n) is 1.28. The Morgan fingerprint density at radius 3 is 2.38 bits per heavy atom. The average Bonchev–Trinajstić information content (AvgIpc) is 2.17. The van der Waals surface area contributed by atoms with Crippen LogP contribution < -0.4 is 10.6 Å². The van der Waals surface area contributed by atoms with Crippen molar-refractivity contribution in [2.45, 2.75) is 39.7 Å². The normalized spacial score (nSPS) is 12.5. The minimum absolute atomic E-state index is 0.0408. The van der Waals surface area contributed by atoms with E-state index in [-0.39, 0.29) is 18.4 Å². The van der Waals surface area contributed by atoms with Crippen molar-refractivity contribution < 1.29 is 14.7 Å². The molecule has 16 heavy (non-hydrogen) atoms. The number of rotatable bonds is 8. The lowest BCUT2D eigenvalue weighted by Gasteiger charge is -2.17. The van der Waals surface area contributed by atoms with Crippen molar-refractivity contribution in [1.82, 2.24) is 10.6 Å². The van der Waals surface area contributed by atoms with E-state index >= 15 is 0 Å². The van der Waals surface area contributed by atoms with Crippen LogP contribution in [-0.4, -0.2) is 36.1 Å². The molecule has 0 bridgehead atoms. The Morgan fingerprint density at radius 1 is 1.31 bits per heavy atom. The van der Waals surface area contributed by atoms with E-state index in [1.807, 2.05) is 6.92 Å². The third-order valence-corrected chi connectivity index (χ3v) is 2.27. The molecule has 1 atom stereocenters. The Morgan fingerprint density at radius 2 is 1.94 bits per heavy atom. The summed E-state index contributed by atoms with van der Waals surface area (Å²) in [5.41, 5.74) is 0. The number of carbonyl (C=O) groups is 2. The second-order valence-electron chi connectivity index (χ2n) is 4.14. The van der Waals surface area contributed by atoms with Gasteiger partial charge in [0.1, 0.15) is 6.04 Å². The van der Waals surface area contributed by atoms with Gasteiger partial charge >= 0.3 is 5.97 Å². The van der Waals surface area contributed by atoms with Gasteiger partial charge in [0.2, 0.25) is 5.91 Å². The molecule has 0 aromatic heterocycles.